The number of ether oxygens (including phenoxy) is 1. The van der Waals surface area contributed by atoms with E-state index in [-0.39, 0.29) is 11.6 Å². The van der Waals surface area contributed by atoms with E-state index in [2.05, 4.69) is 10.1 Å². The van der Waals surface area contributed by atoms with E-state index in [1.807, 2.05) is 19.9 Å². The summed E-state index contributed by atoms with van der Waals surface area (Å²) < 4.78 is 4.60. The summed E-state index contributed by atoms with van der Waals surface area (Å²) in [6.45, 7) is 3.82. The first-order valence-corrected chi connectivity index (χ1v) is 6.62. The van der Waals surface area contributed by atoms with E-state index in [9.17, 15) is 9.59 Å². The summed E-state index contributed by atoms with van der Waals surface area (Å²) in [4.78, 5) is 23.2. The normalized spacial score (nSPS) is 12.2. The molecule has 0 saturated heterocycles. The quantitative estimate of drug-likeness (QED) is 0.511. The van der Waals surface area contributed by atoms with Gasteiger partial charge in [0.05, 0.1) is 12.7 Å². The molecular weight excluding hydrogens is 268 g/mol. The fourth-order valence-corrected chi connectivity index (χ4v) is 1.55. The Morgan fingerprint density at radius 1 is 1.38 bits per heavy atom. The second-order valence-corrected chi connectivity index (χ2v) is 4.57. The van der Waals surface area contributed by atoms with Crippen LogP contribution in [-0.4, -0.2) is 25.0 Å². The lowest BCUT2D eigenvalue weighted by Crippen LogP contribution is -2.32. The highest BCUT2D eigenvalue weighted by atomic mass is 16.5. The van der Waals surface area contributed by atoms with Crippen molar-refractivity contribution in [3.05, 3.63) is 41.0 Å². The van der Waals surface area contributed by atoms with Gasteiger partial charge in [0.2, 0.25) is 0 Å². The summed E-state index contributed by atoms with van der Waals surface area (Å²) >= 11 is 0. The Morgan fingerprint density at radius 3 is 2.48 bits per heavy atom. The molecule has 5 nitrogen and oxygen atoms in total. The Kier molecular flexibility index (Phi) is 6.15. The zero-order valence-corrected chi connectivity index (χ0v) is 12.3. The number of benzene rings is 1. The standard InChI is InChI=1S/C16H18N2O3/c1-4-11(2)18-15(19)14(10-17)9-12-5-7-13(8-6-12)16(20)21-3/h5-9,11H,4H2,1-3H3,(H,18,19)/b14-9+/t11-/m0/s1. The molecule has 5 heteroatoms. The molecule has 0 fully saturated rings. The number of carbonyl (C=O) groups is 2. The predicted molar refractivity (Wildman–Crippen MR) is 79.3 cm³/mol. The molecule has 110 valence electrons. The van der Waals surface area contributed by atoms with E-state index < -0.39 is 11.9 Å². The molecule has 1 aromatic carbocycles. The van der Waals surface area contributed by atoms with E-state index in [0.717, 1.165) is 6.42 Å². The maximum Gasteiger partial charge on any atom is 0.337 e. The molecular formula is C16H18N2O3. The summed E-state index contributed by atoms with van der Waals surface area (Å²) in [5, 5.41) is 11.8. The van der Waals surface area contributed by atoms with Gasteiger partial charge in [-0.3, -0.25) is 4.79 Å². The summed E-state index contributed by atoms with van der Waals surface area (Å²) in [5.41, 5.74) is 1.11. The van der Waals surface area contributed by atoms with Crippen molar-refractivity contribution < 1.29 is 14.3 Å². The molecule has 0 bridgehead atoms. The van der Waals surface area contributed by atoms with E-state index in [1.54, 1.807) is 24.3 Å². The van der Waals surface area contributed by atoms with Gasteiger partial charge in [-0.25, -0.2) is 4.79 Å². The van der Waals surface area contributed by atoms with E-state index >= 15 is 0 Å². The molecule has 0 radical (unpaired) electrons. The second kappa shape index (κ2) is 7.85. The van der Waals surface area contributed by atoms with Crippen LogP contribution < -0.4 is 5.32 Å². The van der Waals surface area contributed by atoms with Gasteiger partial charge in [0.25, 0.3) is 5.91 Å². The molecule has 0 spiro atoms. The van der Waals surface area contributed by atoms with E-state index in [4.69, 9.17) is 5.26 Å². The number of esters is 1. The average molecular weight is 286 g/mol. The minimum Gasteiger partial charge on any atom is -0.465 e. The van der Waals surface area contributed by atoms with Crippen molar-refractivity contribution in [2.45, 2.75) is 26.3 Å². The van der Waals surface area contributed by atoms with Crippen molar-refractivity contribution in [3.63, 3.8) is 0 Å². The van der Waals surface area contributed by atoms with Crippen LogP contribution >= 0.6 is 0 Å². The van der Waals surface area contributed by atoms with Crippen LogP contribution in [0.2, 0.25) is 0 Å². The highest BCUT2D eigenvalue weighted by molar-refractivity contribution is 6.01. The first-order chi connectivity index (χ1) is 10.0. The number of nitrogens with one attached hydrogen (secondary N) is 1. The Hall–Kier alpha value is -2.61. The minimum atomic E-state index is -0.430. The lowest BCUT2D eigenvalue weighted by Gasteiger charge is -2.10. The number of methoxy groups -OCH3 is 1. The monoisotopic (exact) mass is 286 g/mol. The van der Waals surface area contributed by atoms with Gasteiger partial charge in [-0.1, -0.05) is 19.1 Å². The molecule has 0 unspecified atom stereocenters. The zero-order chi connectivity index (χ0) is 15.8. The number of nitrogens with zero attached hydrogens (tertiary/aromatic N) is 1. The van der Waals surface area contributed by atoms with Gasteiger partial charge < -0.3 is 10.1 Å². The van der Waals surface area contributed by atoms with Crippen LogP contribution in [-0.2, 0) is 9.53 Å². The molecule has 0 aliphatic carbocycles. The number of nitriles is 1. The van der Waals surface area contributed by atoms with Gasteiger partial charge in [-0.05, 0) is 37.1 Å². The molecule has 1 amide bonds. The lowest BCUT2D eigenvalue weighted by molar-refractivity contribution is -0.117. The fraction of sp³-hybridized carbons (Fsp3) is 0.312. The smallest absolute Gasteiger partial charge is 0.337 e. The van der Waals surface area contributed by atoms with Gasteiger partial charge in [0.15, 0.2) is 0 Å². The summed E-state index contributed by atoms with van der Waals surface area (Å²) in [5.74, 6) is -0.829. The Labute approximate surface area is 124 Å². The maximum atomic E-state index is 11.9. The third-order valence-electron chi connectivity index (χ3n) is 3.00. The van der Waals surface area contributed by atoms with Gasteiger partial charge >= 0.3 is 5.97 Å². The van der Waals surface area contributed by atoms with Crippen molar-refractivity contribution in [2.75, 3.05) is 7.11 Å². The Balaban J connectivity index is 2.91. The molecule has 0 aromatic heterocycles. The number of hydrogen-bond acceptors (Lipinski definition) is 4. The third kappa shape index (κ3) is 4.77. The van der Waals surface area contributed by atoms with Gasteiger partial charge in [0.1, 0.15) is 11.6 Å². The summed E-state index contributed by atoms with van der Waals surface area (Å²) in [6, 6.07) is 8.37. The van der Waals surface area contributed by atoms with Gasteiger partial charge in [0, 0.05) is 6.04 Å². The van der Waals surface area contributed by atoms with E-state index in [0.29, 0.717) is 11.1 Å². The van der Waals surface area contributed by atoms with E-state index in [1.165, 1.54) is 13.2 Å². The molecule has 0 saturated carbocycles. The molecule has 0 aliphatic heterocycles. The van der Waals surface area contributed by atoms with Crippen molar-refractivity contribution in [1.29, 1.82) is 5.26 Å². The first-order valence-electron chi connectivity index (χ1n) is 6.62. The van der Waals surface area contributed by atoms with Crippen molar-refractivity contribution in [3.8, 4) is 6.07 Å². The highest BCUT2D eigenvalue weighted by Gasteiger charge is 2.11. The minimum absolute atomic E-state index is 0.0101. The van der Waals surface area contributed by atoms with Crippen LogP contribution in [0.4, 0.5) is 0 Å². The predicted octanol–water partition coefficient (Wildman–Crippen LogP) is 2.29. The Bertz CT molecular complexity index is 583. The zero-order valence-electron chi connectivity index (χ0n) is 12.3. The Morgan fingerprint density at radius 2 is 2.00 bits per heavy atom. The molecule has 1 N–H and O–H groups in total. The molecule has 1 rings (SSSR count). The van der Waals surface area contributed by atoms with Crippen LogP contribution in [0.25, 0.3) is 6.08 Å². The van der Waals surface area contributed by atoms with Gasteiger partial charge in [-0.15, -0.1) is 0 Å². The lowest BCUT2D eigenvalue weighted by atomic mass is 10.1. The topological polar surface area (TPSA) is 79.2 Å². The SMILES string of the molecule is CC[C@H](C)NC(=O)/C(C#N)=C/c1ccc(C(=O)OC)cc1. The average Bonchev–Trinajstić information content (AvgIpc) is 2.51. The number of rotatable bonds is 5. The largest absolute Gasteiger partial charge is 0.465 e. The molecule has 1 atom stereocenters. The number of hydrogen-bond donors (Lipinski definition) is 1. The fourth-order valence-electron chi connectivity index (χ4n) is 1.55. The van der Waals surface area contributed by atoms with Crippen LogP contribution in [0.1, 0.15) is 36.2 Å². The molecule has 1 aromatic rings. The van der Waals surface area contributed by atoms with Crippen LogP contribution in [0, 0.1) is 11.3 Å². The second-order valence-electron chi connectivity index (χ2n) is 4.57. The molecule has 21 heavy (non-hydrogen) atoms. The van der Waals surface area contributed by atoms with Gasteiger partial charge in [-0.2, -0.15) is 5.26 Å². The first kappa shape index (κ1) is 16.4. The highest BCUT2D eigenvalue weighted by Crippen LogP contribution is 2.10. The van der Waals surface area contributed by atoms with Crippen molar-refractivity contribution in [1.82, 2.24) is 5.32 Å². The van der Waals surface area contributed by atoms with Crippen molar-refractivity contribution in [2.24, 2.45) is 0 Å². The van der Waals surface area contributed by atoms with Crippen LogP contribution in [0.15, 0.2) is 29.8 Å². The third-order valence-corrected chi connectivity index (χ3v) is 3.00. The summed E-state index contributed by atoms with van der Waals surface area (Å²) in [6.07, 6.45) is 2.27. The van der Waals surface area contributed by atoms with Crippen LogP contribution in [0.3, 0.4) is 0 Å². The molecule has 0 heterocycles. The number of carbonyl (C=O) groups excluding carboxylic acids is 2. The maximum absolute atomic E-state index is 11.9. The van der Waals surface area contributed by atoms with Crippen molar-refractivity contribution >= 4 is 18.0 Å². The molecule has 0 aliphatic rings. The summed E-state index contributed by atoms with van der Waals surface area (Å²) in [7, 11) is 1.31. The van der Waals surface area contributed by atoms with Crippen LogP contribution in [0.5, 0.6) is 0 Å². The number of amides is 1.